The summed E-state index contributed by atoms with van der Waals surface area (Å²) in [6, 6.07) is 14.0. The number of nitrogens with zero attached hydrogens (tertiary/aromatic N) is 2. The molecule has 0 aromatic heterocycles. The van der Waals surface area contributed by atoms with Gasteiger partial charge in [0.05, 0.1) is 0 Å². The van der Waals surface area contributed by atoms with Crippen LogP contribution in [0.15, 0.2) is 53.5 Å². The van der Waals surface area contributed by atoms with Gasteiger partial charge in [-0.15, -0.1) is 24.0 Å². The third kappa shape index (κ3) is 8.68. The number of carbonyl (C=O) groups is 1. The van der Waals surface area contributed by atoms with E-state index in [1.165, 1.54) is 12.1 Å². The molecule has 0 spiro atoms. The molecule has 0 fully saturated rings. The van der Waals surface area contributed by atoms with Crippen molar-refractivity contribution in [3.8, 4) is 5.75 Å². The lowest BCUT2D eigenvalue weighted by Crippen LogP contribution is -2.38. The zero-order chi connectivity index (χ0) is 20.4. The lowest BCUT2D eigenvalue weighted by Gasteiger charge is -2.22. The topological polar surface area (TPSA) is 66.0 Å². The number of guanidine groups is 1. The van der Waals surface area contributed by atoms with E-state index in [1.807, 2.05) is 43.1 Å². The third-order valence-electron chi connectivity index (χ3n) is 4.00. The zero-order valence-corrected chi connectivity index (χ0v) is 19.3. The summed E-state index contributed by atoms with van der Waals surface area (Å²) in [5.41, 5.74) is 2.00. The van der Waals surface area contributed by atoms with E-state index in [4.69, 9.17) is 4.74 Å². The molecule has 0 heterocycles. The van der Waals surface area contributed by atoms with Crippen LogP contribution in [0.2, 0.25) is 0 Å². The van der Waals surface area contributed by atoms with E-state index in [-0.39, 0.29) is 42.3 Å². The van der Waals surface area contributed by atoms with E-state index in [0.29, 0.717) is 25.4 Å². The Morgan fingerprint density at radius 2 is 1.86 bits per heavy atom. The Hall–Kier alpha value is -2.36. The Bertz CT molecular complexity index is 800. The standard InChI is InChI=1S/C21H27FN4O2.HI/c1-4-24-20(27)15-28-19-7-5-6-17(12-19)13-25-21(23-2)26(3)14-16-8-10-18(22)11-9-16;/h5-12H,4,13-15H2,1-3H3,(H,23,25)(H,24,27);1H. The van der Waals surface area contributed by atoms with Gasteiger partial charge in [-0.25, -0.2) is 4.39 Å². The van der Waals surface area contributed by atoms with Crippen molar-refractivity contribution in [2.75, 3.05) is 27.2 Å². The van der Waals surface area contributed by atoms with Crippen LogP contribution in [0.5, 0.6) is 5.75 Å². The van der Waals surface area contributed by atoms with E-state index < -0.39 is 0 Å². The molecule has 2 rings (SSSR count). The zero-order valence-electron chi connectivity index (χ0n) is 16.9. The van der Waals surface area contributed by atoms with E-state index in [1.54, 1.807) is 19.2 Å². The largest absolute Gasteiger partial charge is 0.484 e. The van der Waals surface area contributed by atoms with Gasteiger partial charge in [0.1, 0.15) is 11.6 Å². The van der Waals surface area contributed by atoms with Gasteiger partial charge < -0.3 is 20.3 Å². The average molecular weight is 514 g/mol. The number of hydrogen-bond acceptors (Lipinski definition) is 3. The summed E-state index contributed by atoms with van der Waals surface area (Å²) in [4.78, 5) is 17.8. The Morgan fingerprint density at radius 3 is 2.52 bits per heavy atom. The van der Waals surface area contributed by atoms with Crippen LogP contribution in [0, 0.1) is 5.82 Å². The Labute approximate surface area is 188 Å². The lowest BCUT2D eigenvalue weighted by molar-refractivity contribution is -0.122. The first-order valence-electron chi connectivity index (χ1n) is 9.16. The van der Waals surface area contributed by atoms with Crippen LogP contribution in [-0.2, 0) is 17.9 Å². The Kier molecular flexibility index (Phi) is 11.0. The van der Waals surface area contributed by atoms with Crippen molar-refractivity contribution in [1.29, 1.82) is 0 Å². The first-order valence-corrected chi connectivity index (χ1v) is 9.16. The van der Waals surface area contributed by atoms with Crippen molar-refractivity contribution in [2.24, 2.45) is 4.99 Å². The van der Waals surface area contributed by atoms with Crippen LogP contribution in [-0.4, -0.2) is 44.0 Å². The summed E-state index contributed by atoms with van der Waals surface area (Å²) in [5, 5.41) is 5.99. The Morgan fingerprint density at radius 1 is 1.14 bits per heavy atom. The lowest BCUT2D eigenvalue weighted by atomic mass is 10.2. The number of hydrogen-bond donors (Lipinski definition) is 2. The number of likely N-dealkylation sites (N-methyl/N-ethyl adjacent to an activating group) is 1. The molecule has 0 atom stereocenters. The highest BCUT2D eigenvalue weighted by atomic mass is 127. The highest BCUT2D eigenvalue weighted by Crippen LogP contribution is 2.13. The fourth-order valence-corrected chi connectivity index (χ4v) is 2.65. The molecule has 0 unspecified atom stereocenters. The normalized spacial score (nSPS) is 10.7. The number of aliphatic imine (C=N–C) groups is 1. The summed E-state index contributed by atoms with van der Waals surface area (Å²) in [6.45, 7) is 3.60. The molecule has 29 heavy (non-hydrogen) atoms. The number of benzene rings is 2. The molecule has 1 amide bonds. The van der Waals surface area contributed by atoms with Crippen molar-refractivity contribution in [1.82, 2.24) is 15.5 Å². The van der Waals surface area contributed by atoms with E-state index in [0.717, 1.165) is 17.1 Å². The SMILES string of the molecule is CCNC(=O)COc1cccc(CNC(=NC)N(C)Cc2ccc(F)cc2)c1.I. The van der Waals surface area contributed by atoms with Crippen LogP contribution >= 0.6 is 24.0 Å². The van der Waals surface area contributed by atoms with Gasteiger partial charge >= 0.3 is 0 Å². The van der Waals surface area contributed by atoms with Gasteiger partial charge in [-0.3, -0.25) is 9.79 Å². The number of rotatable bonds is 8. The van der Waals surface area contributed by atoms with Gasteiger partial charge in [0.15, 0.2) is 12.6 Å². The molecule has 0 aliphatic heterocycles. The van der Waals surface area contributed by atoms with Crippen LogP contribution in [0.3, 0.4) is 0 Å². The fraction of sp³-hybridized carbons (Fsp3) is 0.333. The fourth-order valence-electron chi connectivity index (χ4n) is 2.65. The molecule has 6 nitrogen and oxygen atoms in total. The second-order valence-electron chi connectivity index (χ2n) is 6.27. The number of halogens is 2. The van der Waals surface area contributed by atoms with Crippen molar-refractivity contribution < 1.29 is 13.9 Å². The Balaban J connectivity index is 0.00000420. The summed E-state index contributed by atoms with van der Waals surface area (Å²) >= 11 is 0. The quantitative estimate of drug-likeness (QED) is 0.323. The van der Waals surface area contributed by atoms with Crippen LogP contribution in [0.4, 0.5) is 4.39 Å². The van der Waals surface area contributed by atoms with E-state index in [2.05, 4.69) is 15.6 Å². The number of nitrogens with one attached hydrogen (secondary N) is 2. The summed E-state index contributed by atoms with van der Waals surface area (Å²) in [6.07, 6.45) is 0. The van der Waals surface area contributed by atoms with Gasteiger partial charge in [-0.2, -0.15) is 0 Å². The smallest absolute Gasteiger partial charge is 0.257 e. The van der Waals surface area contributed by atoms with Crippen molar-refractivity contribution in [2.45, 2.75) is 20.0 Å². The summed E-state index contributed by atoms with van der Waals surface area (Å²) in [7, 11) is 3.64. The molecule has 0 saturated carbocycles. The predicted octanol–water partition coefficient (Wildman–Crippen LogP) is 3.17. The molecule has 2 N–H and O–H groups in total. The van der Waals surface area contributed by atoms with Crippen LogP contribution in [0.1, 0.15) is 18.1 Å². The minimum absolute atomic E-state index is 0. The van der Waals surface area contributed by atoms with Crippen LogP contribution < -0.4 is 15.4 Å². The highest BCUT2D eigenvalue weighted by Gasteiger charge is 2.08. The minimum atomic E-state index is -0.247. The van der Waals surface area contributed by atoms with Gasteiger partial charge in [0.2, 0.25) is 0 Å². The highest BCUT2D eigenvalue weighted by molar-refractivity contribution is 14.0. The monoisotopic (exact) mass is 514 g/mol. The number of carbonyl (C=O) groups excluding carboxylic acids is 1. The molecule has 0 aliphatic rings. The second kappa shape index (κ2) is 13.0. The molecule has 0 saturated heterocycles. The first kappa shape index (κ1) is 24.7. The molecular formula is C21H28FIN4O2. The van der Waals surface area contributed by atoms with Crippen molar-refractivity contribution in [3.05, 3.63) is 65.5 Å². The summed E-state index contributed by atoms with van der Waals surface area (Å²) in [5.74, 6) is 0.968. The average Bonchev–Trinajstić information content (AvgIpc) is 2.69. The summed E-state index contributed by atoms with van der Waals surface area (Å²) < 4.78 is 18.6. The molecule has 0 aliphatic carbocycles. The van der Waals surface area contributed by atoms with Gasteiger partial charge in [-0.05, 0) is 42.3 Å². The maximum Gasteiger partial charge on any atom is 0.257 e. The molecule has 158 valence electrons. The molecule has 2 aromatic rings. The van der Waals surface area contributed by atoms with Gasteiger partial charge in [0.25, 0.3) is 5.91 Å². The minimum Gasteiger partial charge on any atom is -0.484 e. The third-order valence-corrected chi connectivity index (χ3v) is 4.00. The van der Waals surface area contributed by atoms with Crippen molar-refractivity contribution >= 4 is 35.8 Å². The van der Waals surface area contributed by atoms with Gasteiger partial charge in [-0.1, -0.05) is 24.3 Å². The van der Waals surface area contributed by atoms with Crippen LogP contribution in [0.25, 0.3) is 0 Å². The van der Waals surface area contributed by atoms with Gasteiger partial charge in [0, 0.05) is 33.7 Å². The molecule has 8 heteroatoms. The molecular weight excluding hydrogens is 486 g/mol. The van der Waals surface area contributed by atoms with E-state index >= 15 is 0 Å². The van der Waals surface area contributed by atoms with E-state index in [9.17, 15) is 9.18 Å². The number of amides is 1. The molecule has 0 bridgehead atoms. The maximum absolute atomic E-state index is 13.0. The molecule has 2 aromatic carbocycles. The maximum atomic E-state index is 13.0. The molecule has 0 radical (unpaired) electrons. The second-order valence-corrected chi connectivity index (χ2v) is 6.27. The predicted molar refractivity (Wildman–Crippen MR) is 124 cm³/mol. The van der Waals surface area contributed by atoms with Crippen molar-refractivity contribution in [3.63, 3.8) is 0 Å². The first-order chi connectivity index (χ1) is 13.5. The number of ether oxygens (including phenoxy) is 1.